The van der Waals surface area contributed by atoms with Crippen LogP contribution in [0, 0.1) is 13.8 Å². The maximum absolute atomic E-state index is 12.6. The Kier molecular flexibility index (Phi) is 6.16. The first-order valence-electron chi connectivity index (χ1n) is 8.51. The van der Waals surface area contributed by atoms with Crippen LogP contribution >= 0.6 is 23.4 Å². The molecule has 0 aromatic heterocycles. The highest BCUT2D eigenvalue weighted by molar-refractivity contribution is 8.15. The third kappa shape index (κ3) is 4.79. The van der Waals surface area contributed by atoms with Gasteiger partial charge in [-0.1, -0.05) is 41.1 Å². The van der Waals surface area contributed by atoms with Gasteiger partial charge in [-0.15, -0.1) is 5.10 Å². The van der Waals surface area contributed by atoms with Gasteiger partial charge in [0.15, 0.2) is 11.0 Å². The third-order valence-electron chi connectivity index (χ3n) is 4.18. The molecule has 3 rings (SSSR count). The largest absolute Gasteiger partial charge is 0.507 e. The molecule has 1 aliphatic heterocycles. The number of nitrogens with one attached hydrogen (secondary N) is 1. The summed E-state index contributed by atoms with van der Waals surface area (Å²) in [5, 5.41) is 20.4. The number of aryl methyl sites for hydroxylation is 2. The number of amidine groups is 1. The van der Waals surface area contributed by atoms with Gasteiger partial charge in [-0.2, -0.15) is 5.10 Å². The summed E-state index contributed by atoms with van der Waals surface area (Å²) >= 11 is 7.04. The molecule has 8 heteroatoms. The molecule has 2 aromatic carbocycles. The van der Waals surface area contributed by atoms with Crippen molar-refractivity contribution in [2.24, 2.45) is 10.2 Å². The lowest BCUT2D eigenvalue weighted by molar-refractivity contribution is -0.118. The molecule has 1 saturated heterocycles. The van der Waals surface area contributed by atoms with E-state index in [1.54, 1.807) is 12.1 Å². The number of phenols is 1. The van der Waals surface area contributed by atoms with E-state index in [4.69, 9.17) is 11.6 Å². The van der Waals surface area contributed by atoms with Gasteiger partial charge in [0, 0.05) is 22.6 Å². The number of amides is 1. The van der Waals surface area contributed by atoms with Crippen LogP contribution in [0.3, 0.4) is 0 Å². The topological polar surface area (TPSA) is 91.1 Å². The van der Waals surface area contributed by atoms with E-state index in [9.17, 15) is 14.7 Å². The number of hydrogen-bond acceptors (Lipinski definition) is 6. The van der Waals surface area contributed by atoms with Crippen molar-refractivity contribution in [1.82, 2.24) is 5.32 Å². The van der Waals surface area contributed by atoms with Gasteiger partial charge in [-0.25, -0.2) is 0 Å². The molecule has 28 heavy (non-hydrogen) atoms. The summed E-state index contributed by atoms with van der Waals surface area (Å²) in [6.07, 6.45) is 1.42. The maximum Gasteiger partial charge on any atom is 0.240 e. The number of carbonyl (C=O) groups is 2. The minimum atomic E-state index is -0.555. The number of Topliss-reactive ketones (excluding diaryl/α,β-unsaturated/α-hetero) is 1. The average Bonchev–Trinajstić information content (AvgIpc) is 2.99. The average molecular weight is 416 g/mol. The van der Waals surface area contributed by atoms with Gasteiger partial charge in [0.2, 0.25) is 5.91 Å². The number of ketones is 1. The van der Waals surface area contributed by atoms with E-state index in [2.05, 4.69) is 15.5 Å². The molecule has 1 amide bonds. The number of rotatable bonds is 5. The van der Waals surface area contributed by atoms with Crippen molar-refractivity contribution >= 4 is 46.4 Å². The Morgan fingerprint density at radius 2 is 2.07 bits per heavy atom. The van der Waals surface area contributed by atoms with E-state index in [0.29, 0.717) is 21.3 Å². The van der Waals surface area contributed by atoms with Crippen LogP contribution in [0.1, 0.15) is 33.5 Å². The number of aromatic hydroxyl groups is 1. The summed E-state index contributed by atoms with van der Waals surface area (Å²) in [5.74, 6) is -0.334. The Balaban J connectivity index is 1.67. The van der Waals surface area contributed by atoms with E-state index < -0.39 is 5.25 Å². The normalized spacial score (nSPS) is 18.0. The second-order valence-electron chi connectivity index (χ2n) is 6.39. The van der Waals surface area contributed by atoms with E-state index in [1.807, 2.05) is 32.0 Å². The lowest BCUT2D eigenvalue weighted by atomic mass is 9.99. The van der Waals surface area contributed by atoms with Crippen molar-refractivity contribution in [3.05, 3.63) is 63.7 Å². The molecule has 144 valence electrons. The van der Waals surface area contributed by atoms with Gasteiger partial charge < -0.3 is 10.4 Å². The molecular weight excluding hydrogens is 398 g/mol. The summed E-state index contributed by atoms with van der Waals surface area (Å²) in [7, 11) is 0. The van der Waals surface area contributed by atoms with Gasteiger partial charge >= 0.3 is 0 Å². The van der Waals surface area contributed by atoms with Crippen LogP contribution in [0.4, 0.5) is 0 Å². The Labute approximate surface area is 171 Å². The fourth-order valence-corrected chi connectivity index (χ4v) is 3.78. The molecule has 1 fully saturated rings. The van der Waals surface area contributed by atoms with Crippen LogP contribution in [-0.2, 0) is 4.79 Å². The van der Waals surface area contributed by atoms with E-state index in [1.165, 1.54) is 12.3 Å². The summed E-state index contributed by atoms with van der Waals surface area (Å²) in [6, 6.07) is 10.3. The fourth-order valence-electron chi connectivity index (χ4n) is 2.67. The van der Waals surface area contributed by atoms with Crippen molar-refractivity contribution in [2.45, 2.75) is 25.5 Å². The molecule has 0 radical (unpaired) electrons. The number of nitrogens with zero attached hydrogens (tertiary/aromatic N) is 2. The second kappa shape index (κ2) is 8.58. The number of thioether (sulfide) groups is 1. The predicted octanol–water partition coefficient (Wildman–Crippen LogP) is 3.86. The highest BCUT2D eigenvalue weighted by Crippen LogP contribution is 2.25. The molecule has 0 aliphatic carbocycles. The van der Waals surface area contributed by atoms with Crippen molar-refractivity contribution in [1.29, 1.82) is 0 Å². The molecule has 1 atom stereocenters. The SMILES string of the molecule is Cc1ccc(C)c(C(=O)CC2S/C(=N\N=C\c3cc(Cl)ccc3O)NC2=O)c1. The Morgan fingerprint density at radius 3 is 2.86 bits per heavy atom. The summed E-state index contributed by atoms with van der Waals surface area (Å²) in [4.78, 5) is 24.8. The highest BCUT2D eigenvalue weighted by atomic mass is 35.5. The number of carbonyl (C=O) groups excluding carboxylic acids is 2. The lowest BCUT2D eigenvalue weighted by Gasteiger charge is -2.08. The van der Waals surface area contributed by atoms with Gasteiger partial charge in [0.1, 0.15) is 5.75 Å². The summed E-state index contributed by atoms with van der Waals surface area (Å²) in [6.45, 7) is 3.80. The predicted molar refractivity (Wildman–Crippen MR) is 113 cm³/mol. The van der Waals surface area contributed by atoms with Gasteiger partial charge in [0.05, 0.1) is 11.5 Å². The Hall–Kier alpha value is -2.64. The van der Waals surface area contributed by atoms with Gasteiger partial charge in [0.25, 0.3) is 0 Å². The highest BCUT2D eigenvalue weighted by Gasteiger charge is 2.32. The zero-order valence-electron chi connectivity index (χ0n) is 15.3. The van der Waals surface area contributed by atoms with Crippen molar-refractivity contribution < 1.29 is 14.7 Å². The summed E-state index contributed by atoms with van der Waals surface area (Å²) in [5.41, 5.74) is 2.93. The number of hydrogen-bond donors (Lipinski definition) is 2. The molecule has 0 saturated carbocycles. The molecule has 0 spiro atoms. The van der Waals surface area contributed by atoms with E-state index in [0.717, 1.165) is 22.9 Å². The molecule has 1 aliphatic rings. The second-order valence-corrected chi connectivity index (χ2v) is 8.02. The van der Waals surface area contributed by atoms with Crippen LogP contribution in [0.15, 0.2) is 46.6 Å². The Morgan fingerprint density at radius 1 is 1.29 bits per heavy atom. The first-order valence-corrected chi connectivity index (χ1v) is 9.77. The molecule has 6 nitrogen and oxygen atoms in total. The Bertz CT molecular complexity index is 1000. The molecule has 1 heterocycles. The standard InChI is InChI=1S/C20H18ClN3O3S/c1-11-3-4-12(2)15(7-11)17(26)9-18-19(27)23-20(28-18)24-22-10-13-8-14(21)5-6-16(13)25/h3-8,10,18,25H,9H2,1-2H3,(H,23,24,27)/b22-10+. The van der Waals surface area contributed by atoms with Crippen LogP contribution in [0.2, 0.25) is 5.02 Å². The van der Waals surface area contributed by atoms with Crippen molar-refractivity contribution in [3.8, 4) is 5.75 Å². The summed E-state index contributed by atoms with van der Waals surface area (Å²) < 4.78 is 0. The quantitative estimate of drug-likeness (QED) is 0.440. The van der Waals surface area contributed by atoms with Crippen LogP contribution in [0.5, 0.6) is 5.75 Å². The van der Waals surface area contributed by atoms with Crippen LogP contribution in [-0.4, -0.2) is 33.4 Å². The van der Waals surface area contributed by atoms with E-state index in [-0.39, 0.29) is 23.9 Å². The fraction of sp³-hybridized carbons (Fsp3) is 0.200. The zero-order valence-corrected chi connectivity index (χ0v) is 16.8. The molecule has 0 bridgehead atoms. The minimum Gasteiger partial charge on any atom is -0.507 e. The third-order valence-corrected chi connectivity index (χ3v) is 5.48. The van der Waals surface area contributed by atoms with E-state index >= 15 is 0 Å². The van der Waals surface area contributed by atoms with Gasteiger partial charge in [-0.05, 0) is 43.7 Å². The van der Waals surface area contributed by atoms with Gasteiger partial charge in [-0.3, -0.25) is 9.59 Å². The lowest BCUT2D eigenvalue weighted by Crippen LogP contribution is -2.26. The smallest absolute Gasteiger partial charge is 0.240 e. The first-order chi connectivity index (χ1) is 13.3. The maximum atomic E-state index is 12.6. The van der Waals surface area contributed by atoms with Crippen LogP contribution in [0.25, 0.3) is 0 Å². The minimum absolute atomic E-state index is 0.0217. The zero-order chi connectivity index (χ0) is 20.3. The number of halogens is 1. The monoisotopic (exact) mass is 415 g/mol. The first kappa shape index (κ1) is 20.1. The molecular formula is C20H18ClN3O3S. The molecule has 1 unspecified atom stereocenters. The van der Waals surface area contributed by atoms with Crippen LogP contribution < -0.4 is 5.32 Å². The number of benzene rings is 2. The number of phenolic OH excluding ortho intramolecular Hbond substituents is 1. The van der Waals surface area contributed by atoms with Crippen molar-refractivity contribution in [3.63, 3.8) is 0 Å². The molecule has 2 N–H and O–H groups in total. The molecule has 2 aromatic rings. The van der Waals surface area contributed by atoms with Crippen molar-refractivity contribution in [2.75, 3.05) is 0 Å².